The van der Waals surface area contributed by atoms with Gasteiger partial charge in [0.1, 0.15) is 5.82 Å². The van der Waals surface area contributed by atoms with Gasteiger partial charge in [0.25, 0.3) is 0 Å². The topological polar surface area (TPSA) is 50.6 Å². The van der Waals surface area contributed by atoms with E-state index in [1.807, 2.05) is 17.3 Å². The van der Waals surface area contributed by atoms with E-state index in [4.69, 9.17) is 4.74 Å². The van der Waals surface area contributed by atoms with Crippen LogP contribution in [-0.2, 0) is 11.8 Å². The molecule has 1 amide bonds. The first-order valence-corrected chi connectivity index (χ1v) is 9.14. The highest BCUT2D eigenvalue weighted by Gasteiger charge is 2.51. The largest absolute Gasteiger partial charge is 0.453 e. The lowest BCUT2D eigenvalue weighted by Crippen LogP contribution is -2.57. The van der Waals surface area contributed by atoms with E-state index in [1.54, 1.807) is 0 Å². The van der Waals surface area contributed by atoms with Gasteiger partial charge in [-0.05, 0) is 45.2 Å². The Hall–Kier alpha value is -1.56. The Kier molecular flexibility index (Phi) is 4.03. The maximum absolute atomic E-state index is 11.6. The molecule has 2 saturated heterocycles. The molecule has 3 fully saturated rings. The minimum Gasteiger partial charge on any atom is -0.453 e. The predicted octanol–water partition coefficient (Wildman–Crippen LogP) is 2.22. The van der Waals surface area contributed by atoms with E-state index < -0.39 is 0 Å². The van der Waals surface area contributed by atoms with Crippen LogP contribution < -0.4 is 0 Å². The smallest absolute Gasteiger partial charge is 0.409 e. The van der Waals surface area contributed by atoms with Crippen molar-refractivity contribution in [3.05, 3.63) is 18.2 Å². The van der Waals surface area contributed by atoms with Crippen LogP contribution in [0.1, 0.15) is 43.8 Å². The molecule has 2 aliphatic heterocycles. The fourth-order valence-corrected chi connectivity index (χ4v) is 5.09. The number of rotatable bonds is 2. The summed E-state index contributed by atoms with van der Waals surface area (Å²) in [6, 6.07) is 0.701. The van der Waals surface area contributed by atoms with Crippen molar-refractivity contribution in [3.8, 4) is 0 Å². The van der Waals surface area contributed by atoms with E-state index >= 15 is 0 Å². The molecule has 1 aromatic heterocycles. The Morgan fingerprint density at radius 3 is 2.67 bits per heavy atom. The average Bonchev–Trinajstić information content (AvgIpc) is 3.19. The molecule has 6 heteroatoms. The molecule has 24 heavy (non-hydrogen) atoms. The molecule has 3 aliphatic rings. The van der Waals surface area contributed by atoms with Crippen LogP contribution in [0.15, 0.2) is 12.4 Å². The summed E-state index contributed by atoms with van der Waals surface area (Å²) < 4.78 is 6.99. The van der Waals surface area contributed by atoms with Crippen LogP contribution in [0.25, 0.3) is 0 Å². The number of carbonyl (C=O) groups excluding carboxylic acids is 1. The highest BCUT2D eigenvalue weighted by molar-refractivity contribution is 5.68. The second-order valence-corrected chi connectivity index (χ2v) is 7.93. The second-order valence-electron chi connectivity index (χ2n) is 7.93. The zero-order valence-corrected chi connectivity index (χ0v) is 14.8. The summed E-state index contributed by atoms with van der Waals surface area (Å²) in [6.45, 7) is 4.14. The van der Waals surface area contributed by atoms with Crippen molar-refractivity contribution in [2.24, 2.45) is 12.5 Å². The lowest BCUT2D eigenvalue weighted by Gasteiger charge is -2.48. The van der Waals surface area contributed by atoms with Crippen LogP contribution in [0.2, 0.25) is 0 Å². The molecular weight excluding hydrogens is 304 g/mol. The Labute approximate surface area is 143 Å². The lowest BCUT2D eigenvalue weighted by molar-refractivity contribution is 0.00151. The van der Waals surface area contributed by atoms with E-state index in [0.29, 0.717) is 17.4 Å². The molecule has 1 unspecified atom stereocenters. The summed E-state index contributed by atoms with van der Waals surface area (Å²) in [5, 5.41) is 0. The maximum Gasteiger partial charge on any atom is 0.409 e. The molecule has 3 heterocycles. The number of likely N-dealkylation sites (tertiary alicyclic amines) is 2. The van der Waals surface area contributed by atoms with Gasteiger partial charge in [0.15, 0.2) is 0 Å². The number of piperidine rings is 1. The first-order chi connectivity index (χ1) is 11.6. The van der Waals surface area contributed by atoms with Gasteiger partial charge in [-0.15, -0.1) is 0 Å². The summed E-state index contributed by atoms with van der Waals surface area (Å²) >= 11 is 0. The second kappa shape index (κ2) is 6.06. The Bertz CT molecular complexity index is 600. The van der Waals surface area contributed by atoms with Crippen LogP contribution in [0.5, 0.6) is 0 Å². The molecule has 1 spiro atoms. The number of imidazole rings is 1. The van der Waals surface area contributed by atoms with Crippen molar-refractivity contribution >= 4 is 6.09 Å². The minimum absolute atomic E-state index is 0.167. The Balaban J connectivity index is 1.29. The zero-order chi connectivity index (χ0) is 16.7. The lowest BCUT2D eigenvalue weighted by atomic mass is 9.78. The molecule has 0 radical (unpaired) electrons. The predicted molar refractivity (Wildman–Crippen MR) is 90.8 cm³/mol. The fourth-order valence-electron chi connectivity index (χ4n) is 5.09. The van der Waals surface area contributed by atoms with Crippen molar-refractivity contribution in [2.45, 2.75) is 44.1 Å². The van der Waals surface area contributed by atoms with E-state index in [0.717, 1.165) is 13.1 Å². The van der Waals surface area contributed by atoms with Crippen LogP contribution in [0, 0.1) is 5.41 Å². The molecule has 0 aromatic carbocycles. The van der Waals surface area contributed by atoms with Crippen molar-refractivity contribution in [1.82, 2.24) is 19.4 Å². The molecular formula is C18H28N4O2. The number of hydrogen-bond acceptors (Lipinski definition) is 4. The number of hydrogen-bond donors (Lipinski definition) is 0. The highest BCUT2D eigenvalue weighted by atomic mass is 16.5. The van der Waals surface area contributed by atoms with Crippen molar-refractivity contribution in [1.29, 1.82) is 0 Å². The third-order valence-electron chi connectivity index (χ3n) is 6.43. The SMILES string of the molecule is COC(=O)N1CC2(CCC(N3CCC(c4nccn4C)CC3)C2)C1. The van der Waals surface area contributed by atoms with Gasteiger partial charge < -0.3 is 19.1 Å². The monoisotopic (exact) mass is 332 g/mol. The number of carbonyl (C=O) groups is 1. The van der Waals surface area contributed by atoms with Gasteiger partial charge >= 0.3 is 6.09 Å². The summed E-state index contributed by atoms with van der Waals surface area (Å²) in [6.07, 6.45) is 9.99. The van der Waals surface area contributed by atoms with Crippen LogP contribution in [-0.4, -0.2) is 64.8 Å². The Morgan fingerprint density at radius 1 is 1.29 bits per heavy atom. The van der Waals surface area contributed by atoms with Gasteiger partial charge in [0.05, 0.1) is 7.11 Å². The summed E-state index contributed by atoms with van der Waals surface area (Å²) in [4.78, 5) is 20.6. The van der Waals surface area contributed by atoms with Crippen molar-refractivity contribution in [3.63, 3.8) is 0 Å². The molecule has 1 aliphatic carbocycles. The van der Waals surface area contributed by atoms with Crippen molar-refractivity contribution < 1.29 is 9.53 Å². The van der Waals surface area contributed by atoms with Gasteiger partial charge in [0.2, 0.25) is 0 Å². The van der Waals surface area contributed by atoms with Gasteiger partial charge in [0, 0.05) is 49.9 Å². The number of aryl methyl sites for hydroxylation is 1. The first kappa shape index (κ1) is 15.9. The zero-order valence-electron chi connectivity index (χ0n) is 14.8. The quantitative estimate of drug-likeness (QED) is 0.833. The maximum atomic E-state index is 11.6. The standard InChI is InChI=1S/C18H28N4O2/c1-20-10-7-19-16(20)14-4-8-21(9-5-14)15-3-6-18(11-15)12-22(13-18)17(23)24-2/h7,10,14-15H,3-6,8-9,11-13H2,1-2H3. The van der Waals surface area contributed by atoms with E-state index in [-0.39, 0.29) is 6.09 Å². The molecule has 1 atom stereocenters. The van der Waals surface area contributed by atoms with Gasteiger partial charge in [-0.25, -0.2) is 9.78 Å². The molecule has 0 bridgehead atoms. The average molecular weight is 332 g/mol. The van der Waals surface area contributed by atoms with E-state index in [9.17, 15) is 4.79 Å². The fraction of sp³-hybridized carbons (Fsp3) is 0.778. The third kappa shape index (κ3) is 2.70. The normalized spacial score (nSPS) is 27.4. The number of methoxy groups -OCH3 is 1. The van der Waals surface area contributed by atoms with Crippen LogP contribution in [0.4, 0.5) is 4.79 Å². The van der Waals surface area contributed by atoms with E-state index in [2.05, 4.69) is 21.5 Å². The molecule has 1 saturated carbocycles. The van der Waals surface area contributed by atoms with E-state index in [1.165, 1.54) is 58.1 Å². The third-order valence-corrected chi connectivity index (χ3v) is 6.43. The number of ether oxygens (including phenoxy) is 1. The summed E-state index contributed by atoms with van der Waals surface area (Å²) in [7, 11) is 3.57. The van der Waals surface area contributed by atoms with Crippen LogP contribution in [0.3, 0.4) is 0 Å². The number of nitrogens with zero attached hydrogens (tertiary/aromatic N) is 4. The first-order valence-electron chi connectivity index (χ1n) is 9.14. The molecule has 6 nitrogen and oxygen atoms in total. The molecule has 0 N–H and O–H groups in total. The van der Waals surface area contributed by atoms with Gasteiger partial charge in [-0.2, -0.15) is 0 Å². The number of aromatic nitrogens is 2. The molecule has 4 rings (SSSR count). The van der Waals surface area contributed by atoms with Crippen LogP contribution >= 0.6 is 0 Å². The highest BCUT2D eigenvalue weighted by Crippen LogP contribution is 2.47. The summed E-state index contributed by atoms with van der Waals surface area (Å²) in [5.74, 6) is 1.85. The summed E-state index contributed by atoms with van der Waals surface area (Å²) in [5.41, 5.74) is 0.370. The Morgan fingerprint density at radius 2 is 2.04 bits per heavy atom. The van der Waals surface area contributed by atoms with Gasteiger partial charge in [-0.3, -0.25) is 0 Å². The van der Waals surface area contributed by atoms with Crippen molar-refractivity contribution in [2.75, 3.05) is 33.3 Å². The molecule has 1 aromatic rings. The number of amides is 1. The molecule has 132 valence electrons. The minimum atomic E-state index is -0.167. The van der Waals surface area contributed by atoms with Gasteiger partial charge in [-0.1, -0.05) is 0 Å².